The predicted octanol–water partition coefficient (Wildman–Crippen LogP) is 4.64. The summed E-state index contributed by atoms with van der Waals surface area (Å²) in [4.78, 5) is 12.2. The molecule has 0 saturated heterocycles. The van der Waals surface area contributed by atoms with Crippen LogP contribution in [0.25, 0.3) is 22.6 Å². The van der Waals surface area contributed by atoms with Crippen molar-refractivity contribution in [3.63, 3.8) is 0 Å². The molecule has 0 spiro atoms. The average Bonchev–Trinajstić information content (AvgIpc) is 3.16. The van der Waals surface area contributed by atoms with Crippen LogP contribution in [-0.4, -0.2) is 23.1 Å². The van der Waals surface area contributed by atoms with Crippen molar-refractivity contribution in [2.24, 2.45) is 0 Å². The molecule has 5 heteroatoms. The van der Waals surface area contributed by atoms with E-state index in [4.69, 9.17) is 4.52 Å². The number of nitrogens with zero attached hydrogens (tertiary/aromatic N) is 1. The van der Waals surface area contributed by atoms with Gasteiger partial charge in [0.25, 0.3) is 5.91 Å². The Hall–Kier alpha value is -2.92. The van der Waals surface area contributed by atoms with Crippen LogP contribution >= 0.6 is 0 Å². The van der Waals surface area contributed by atoms with Crippen molar-refractivity contribution in [1.29, 1.82) is 0 Å². The van der Waals surface area contributed by atoms with Crippen LogP contribution in [0.3, 0.4) is 0 Å². The van der Waals surface area contributed by atoms with Crippen LogP contribution in [0.4, 0.5) is 0 Å². The van der Waals surface area contributed by atoms with E-state index in [1.54, 1.807) is 6.07 Å². The van der Waals surface area contributed by atoms with Gasteiger partial charge in [-0.1, -0.05) is 55.4 Å². The fraction of sp³-hybridized carbons (Fsp3) is 0.304. The number of carbonyl (C=O) groups excluding carboxylic acids is 1. The number of hydrogen-bond donors (Lipinski definition) is 2. The van der Waals surface area contributed by atoms with E-state index in [2.05, 4.69) is 41.8 Å². The quantitative estimate of drug-likeness (QED) is 0.629. The zero-order valence-corrected chi connectivity index (χ0v) is 16.8. The summed E-state index contributed by atoms with van der Waals surface area (Å²) in [6.45, 7) is 8.98. The first-order valence-electron chi connectivity index (χ1n) is 9.63. The SMILES string of the molecule is CC(C)NCc1ccc(-c2cc(-c3cccc(C(=O)NC(C)C)c3)no2)cc1. The van der Waals surface area contributed by atoms with Gasteiger partial charge in [0.05, 0.1) is 0 Å². The van der Waals surface area contributed by atoms with Crippen LogP contribution in [0.2, 0.25) is 0 Å². The Labute approximate surface area is 166 Å². The minimum absolute atomic E-state index is 0.0912. The third-order valence-electron chi connectivity index (χ3n) is 4.30. The maximum Gasteiger partial charge on any atom is 0.251 e. The third kappa shape index (κ3) is 5.08. The zero-order chi connectivity index (χ0) is 20.1. The lowest BCUT2D eigenvalue weighted by molar-refractivity contribution is 0.0943. The first-order valence-corrected chi connectivity index (χ1v) is 9.63. The Bertz CT molecular complexity index is 927. The molecule has 28 heavy (non-hydrogen) atoms. The summed E-state index contributed by atoms with van der Waals surface area (Å²) in [5.41, 5.74) is 4.36. The maximum atomic E-state index is 12.2. The molecule has 3 rings (SSSR count). The summed E-state index contributed by atoms with van der Waals surface area (Å²) in [5.74, 6) is 0.613. The molecular weight excluding hydrogens is 350 g/mol. The van der Waals surface area contributed by atoms with Crippen molar-refractivity contribution in [3.05, 3.63) is 65.7 Å². The first kappa shape index (κ1) is 19.8. The number of hydrogen-bond acceptors (Lipinski definition) is 4. The second-order valence-electron chi connectivity index (χ2n) is 7.52. The van der Waals surface area contributed by atoms with E-state index in [1.807, 2.05) is 50.2 Å². The standard InChI is InChI=1S/C23H27N3O2/c1-15(2)24-14-17-8-10-18(11-9-17)22-13-21(26-28-22)19-6-5-7-20(12-19)23(27)25-16(3)4/h5-13,15-16,24H,14H2,1-4H3,(H,25,27). The van der Waals surface area contributed by atoms with Gasteiger partial charge >= 0.3 is 0 Å². The second kappa shape index (κ2) is 8.85. The molecule has 1 aromatic heterocycles. The molecule has 1 amide bonds. The van der Waals surface area contributed by atoms with Crippen LogP contribution in [0, 0.1) is 0 Å². The summed E-state index contributed by atoms with van der Waals surface area (Å²) in [6, 6.07) is 18.1. The van der Waals surface area contributed by atoms with Gasteiger partial charge in [0, 0.05) is 41.4 Å². The normalized spacial score (nSPS) is 11.2. The van der Waals surface area contributed by atoms with Crippen LogP contribution in [0.1, 0.15) is 43.6 Å². The fourth-order valence-corrected chi connectivity index (χ4v) is 2.82. The van der Waals surface area contributed by atoms with Gasteiger partial charge in [0.1, 0.15) is 5.69 Å². The Morgan fingerprint density at radius 3 is 2.39 bits per heavy atom. The summed E-state index contributed by atoms with van der Waals surface area (Å²) in [7, 11) is 0. The molecule has 0 aliphatic heterocycles. The highest BCUT2D eigenvalue weighted by atomic mass is 16.5. The zero-order valence-electron chi connectivity index (χ0n) is 16.8. The van der Waals surface area contributed by atoms with Crippen molar-refractivity contribution >= 4 is 5.91 Å². The van der Waals surface area contributed by atoms with E-state index in [-0.39, 0.29) is 11.9 Å². The lowest BCUT2D eigenvalue weighted by atomic mass is 10.1. The van der Waals surface area contributed by atoms with Gasteiger partial charge in [-0.15, -0.1) is 0 Å². The number of carbonyl (C=O) groups is 1. The van der Waals surface area contributed by atoms with Crippen LogP contribution in [-0.2, 0) is 6.54 Å². The fourth-order valence-electron chi connectivity index (χ4n) is 2.82. The molecule has 2 aromatic carbocycles. The van der Waals surface area contributed by atoms with Crippen LogP contribution in [0.5, 0.6) is 0 Å². The second-order valence-corrected chi connectivity index (χ2v) is 7.52. The molecule has 2 N–H and O–H groups in total. The van der Waals surface area contributed by atoms with Gasteiger partial charge in [-0.05, 0) is 31.5 Å². The summed E-state index contributed by atoms with van der Waals surface area (Å²) in [5, 5.41) is 10.5. The first-order chi connectivity index (χ1) is 13.4. The lowest BCUT2D eigenvalue weighted by Gasteiger charge is -2.08. The largest absolute Gasteiger partial charge is 0.356 e. The molecular formula is C23H27N3O2. The molecule has 3 aromatic rings. The topological polar surface area (TPSA) is 67.2 Å². The number of nitrogens with one attached hydrogen (secondary N) is 2. The molecule has 1 heterocycles. The molecule has 0 fully saturated rings. The third-order valence-corrected chi connectivity index (χ3v) is 4.30. The monoisotopic (exact) mass is 377 g/mol. The van der Waals surface area contributed by atoms with E-state index in [0.717, 1.165) is 17.7 Å². The number of amides is 1. The highest BCUT2D eigenvalue weighted by molar-refractivity contribution is 5.95. The molecule has 0 bridgehead atoms. The van der Waals surface area contributed by atoms with Crippen molar-refractivity contribution in [2.75, 3.05) is 0 Å². The van der Waals surface area contributed by atoms with E-state index in [1.165, 1.54) is 5.56 Å². The van der Waals surface area contributed by atoms with Crippen LogP contribution < -0.4 is 10.6 Å². The molecule has 0 atom stereocenters. The lowest BCUT2D eigenvalue weighted by Crippen LogP contribution is -2.30. The van der Waals surface area contributed by atoms with Gasteiger partial charge in [-0.2, -0.15) is 0 Å². The molecule has 0 aliphatic carbocycles. The highest BCUT2D eigenvalue weighted by Gasteiger charge is 2.12. The Morgan fingerprint density at radius 2 is 1.71 bits per heavy atom. The molecule has 5 nitrogen and oxygen atoms in total. The molecule has 146 valence electrons. The van der Waals surface area contributed by atoms with E-state index in [0.29, 0.717) is 23.1 Å². The van der Waals surface area contributed by atoms with Crippen molar-refractivity contribution in [3.8, 4) is 22.6 Å². The number of aromatic nitrogens is 1. The Morgan fingerprint density at radius 1 is 0.964 bits per heavy atom. The van der Waals surface area contributed by atoms with Crippen molar-refractivity contribution in [2.45, 2.75) is 46.3 Å². The van der Waals surface area contributed by atoms with Gasteiger partial charge in [-0.25, -0.2) is 0 Å². The van der Waals surface area contributed by atoms with E-state index >= 15 is 0 Å². The molecule has 0 saturated carbocycles. The predicted molar refractivity (Wildman–Crippen MR) is 112 cm³/mol. The minimum atomic E-state index is -0.0915. The number of benzene rings is 2. The highest BCUT2D eigenvalue weighted by Crippen LogP contribution is 2.26. The average molecular weight is 377 g/mol. The summed E-state index contributed by atoms with van der Waals surface area (Å²) in [6.07, 6.45) is 0. The summed E-state index contributed by atoms with van der Waals surface area (Å²) < 4.78 is 5.54. The smallest absolute Gasteiger partial charge is 0.251 e. The van der Waals surface area contributed by atoms with E-state index < -0.39 is 0 Å². The minimum Gasteiger partial charge on any atom is -0.356 e. The van der Waals surface area contributed by atoms with Gasteiger partial charge in [-0.3, -0.25) is 4.79 Å². The van der Waals surface area contributed by atoms with Gasteiger partial charge in [0.2, 0.25) is 0 Å². The molecule has 0 radical (unpaired) electrons. The summed E-state index contributed by atoms with van der Waals surface area (Å²) >= 11 is 0. The molecule has 0 unspecified atom stereocenters. The van der Waals surface area contributed by atoms with Gasteiger partial charge < -0.3 is 15.2 Å². The Kier molecular flexibility index (Phi) is 6.26. The van der Waals surface area contributed by atoms with Crippen molar-refractivity contribution in [1.82, 2.24) is 15.8 Å². The van der Waals surface area contributed by atoms with E-state index in [9.17, 15) is 4.79 Å². The van der Waals surface area contributed by atoms with Crippen molar-refractivity contribution < 1.29 is 9.32 Å². The molecule has 0 aliphatic rings. The Balaban J connectivity index is 1.76. The van der Waals surface area contributed by atoms with Gasteiger partial charge in [0.15, 0.2) is 5.76 Å². The number of rotatable bonds is 7. The maximum absolute atomic E-state index is 12.2. The van der Waals surface area contributed by atoms with Crippen LogP contribution in [0.15, 0.2) is 59.1 Å².